The second kappa shape index (κ2) is 6.16. The van der Waals surface area contributed by atoms with Gasteiger partial charge in [-0.25, -0.2) is 4.79 Å². The molecule has 0 radical (unpaired) electrons. The molecule has 5 heteroatoms. The minimum atomic E-state index is -0.0474. The van der Waals surface area contributed by atoms with Gasteiger partial charge in [-0.2, -0.15) is 0 Å². The monoisotopic (exact) mass is 303 g/mol. The summed E-state index contributed by atoms with van der Waals surface area (Å²) in [6, 6.07) is 6.66. The van der Waals surface area contributed by atoms with Crippen molar-refractivity contribution in [2.45, 2.75) is 51.7 Å². The first-order valence-electron chi connectivity index (χ1n) is 8.13. The van der Waals surface area contributed by atoms with Gasteiger partial charge in [0, 0.05) is 18.6 Å². The molecule has 1 aromatic carbocycles. The first kappa shape index (κ1) is 15.2. The first-order chi connectivity index (χ1) is 10.6. The summed E-state index contributed by atoms with van der Waals surface area (Å²) in [5.74, 6) is 0.753. The molecule has 5 nitrogen and oxygen atoms in total. The summed E-state index contributed by atoms with van der Waals surface area (Å²) in [5, 5.41) is 0. The van der Waals surface area contributed by atoms with Gasteiger partial charge in [-0.05, 0) is 45.4 Å². The molecule has 1 aliphatic heterocycles. The van der Waals surface area contributed by atoms with Crippen LogP contribution >= 0.6 is 0 Å². The summed E-state index contributed by atoms with van der Waals surface area (Å²) in [6.45, 7) is 6.31. The van der Waals surface area contributed by atoms with E-state index in [1.165, 1.54) is 12.8 Å². The highest BCUT2D eigenvalue weighted by Gasteiger charge is 2.26. The molecule has 22 heavy (non-hydrogen) atoms. The van der Waals surface area contributed by atoms with Crippen LogP contribution in [0.1, 0.15) is 33.1 Å². The van der Waals surface area contributed by atoms with Crippen molar-refractivity contribution in [3.05, 3.63) is 28.7 Å². The fraction of sp³-hybridized carbons (Fsp3) is 0.588. The number of imidazole rings is 1. The molecule has 0 aliphatic carbocycles. The first-order valence-corrected chi connectivity index (χ1v) is 8.13. The van der Waals surface area contributed by atoms with Crippen molar-refractivity contribution < 1.29 is 4.74 Å². The van der Waals surface area contributed by atoms with Crippen molar-refractivity contribution in [2.24, 2.45) is 0 Å². The van der Waals surface area contributed by atoms with Crippen molar-refractivity contribution >= 4 is 11.0 Å². The van der Waals surface area contributed by atoms with E-state index in [1.54, 1.807) is 7.11 Å². The topological polar surface area (TPSA) is 50.3 Å². The van der Waals surface area contributed by atoms with Crippen molar-refractivity contribution in [1.29, 1.82) is 0 Å². The third-order valence-electron chi connectivity index (χ3n) is 4.70. The Morgan fingerprint density at radius 1 is 1.36 bits per heavy atom. The van der Waals surface area contributed by atoms with E-state index < -0.39 is 0 Å². The lowest BCUT2D eigenvalue weighted by Gasteiger charge is -2.38. The molecule has 3 rings (SSSR count). The third-order valence-corrected chi connectivity index (χ3v) is 4.70. The van der Waals surface area contributed by atoms with Crippen molar-refractivity contribution in [3.63, 3.8) is 0 Å². The number of likely N-dealkylation sites (tertiary alicyclic amines) is 1. The predicted octanol–water partition coefficient (Wildman–Crippen LogP) is 2.60. The van der Waals surface area contributed by atoms with Gasteiger partial charge in [-0.15, -0.1) is 0 Å². The number of aromatic amines is 1. The molecule has 0 spiro atoms. The van der Waals surface area contributed by atoms with Gasteiger partial charge in [-0.1, -0.05) is 12.5 Å². The Morgan fingerprint density at radius 3 is 2.91 bits per heavy atom. The molecular formula is C17H25N3O2. The van der Waals surface area contributed by atoms with E-state index in [2.05, 4.69) is 23.7 Å². The SMILES string of the molecule is COc1cccc2[nH]c(=O)n(CC3CCCCN3C(C)C)c12. The molecule has 0 bridgehead atoms. The van der Waals surface area contributed by atoms with Gasteiger partial charge < -0.3 is 9.72 Å². The van der Waals surface area contributed by atoms with Crippen LogP contribution in [0.3, 0.4) is 0 Å². The molecular weight excluding hydrogens is 278 g/mol. The van der Waals surface area contributed by atoms with Gasteiger partial charge in [0.25, 0.3) is 0 Å². The second-order valence-corrected chi connectivity index (χ2v) is 6.38. The molecule has 1 fully saturated rings. The van der Waals surface area contributed by atoms with Crippen molar-refractivity contribution in [1.82, 2.24) is 14.5 Å². The van der Waals surface area contributed by atoms with Crippen molar-refractivity contribution in [3.8, 4) is 5.75 Å². The molecule has 0 saturated carbocycles. The normalized spacial score (nSPS) is 19.9. The highest BCUT2D eigenvalue weighted by Crippen LogP contribution is 2.26. The fourth-order valence-electron chi connectivity index (χ4n) is 3.63. The summed E-state index contributed by atoms with van der Waals surface area (Å²) in [4.78, 5) is 17.9. The number of aromatic nitrogens is 2. The maximum Gasteiger partial charge on any atom is 0.326 e. The zero-order valence-corrected chi connectivity index (χ0v) is 13.6. The zero-order valence-electron chi connectivity index (χ0n) is 13.6. The van der Waals surface area contributed by atoms with Crippen LogP contribution in [0.2, 0.25) is 0 Å². The smallest absolute Gasteiger partial charge is 0.326 e. The molecule has 1 aromatic heterocycles. The van der Waals surface area contributed by atoms with E-state index in [9.17, 15) is 4.79 Å². The van der Waals surface area contributed by atoms with Gasteiger partial charge in [0.15, 0.2) is 0 Å². The van der Waals surface area contributed by atoms with Crippen LogP contribution in [0.25, 0.3) is 11.0 Å². The molecule has 1 N–H and O–H groups in total. The molecule has 1 aliphatic rings. The molecule has 2 aromatic rings. The lowest BCUT2D eigenvalue weighted by atomic mass is 10.00. The molecule has 1 unspecified atom stereocenters. The largest absolute Gasteiger partial charge is 0.494 e. The maximum absolute atomic E-state index is 12.4. The zero-order chi connectivity index (χ0) is 15.7. The van der Waals surface area contributed by atoms with Gasteiger partial charge in [0.2, 0.25) is 0 Å². The Hall–Kier alpha value is -1.75. The number of rotatable bonds is 4. The van der Waals surface area contributed by atoms with E-state index in [4.69, 9.17) is 4.74 Å². The number of fused-ring (bicyclic) bond motifs is 1. The van der Waals surface area contributed by atoms with E-state index in [0.29, 0.717) is 12.1 Å². The van der Waals surface area contributed by atoms with Gasteiger partial charge in [0.1, 0.15) is 11.3 Å². The van der Waals surface area contributed by atoms with Crippen LogP contribution in [-0.2, 0) is 6.54 Å². The number of hydrogen-bond acceptors (Lipinski definition) is 3. The Morgan fingerprint density at radius 2 is 2.18 bits per heavy atom. The number of piperidine rings is 1. The fourth-order valence-corrected chi connectivity index (χ4v) is 3.63. The maximum atomic E-state index is 12.4. The number of ether oxygens (including phenoxy) is 1. The summed E-state index contributed by atoms with van der Waals surface area (Å²) < 4.78 is 7.30. The van der Waals surface area contributed by atoms with Crippen LogP contribution in [0.4, 0.5) is 0 Å². The third kappa shape index (κ3) is 2.65. The average molecular weight is 303 g/mol. The molecule has 1 atom stereocenters. The minimum Gasteiger partial charge on any atom is -0.494 e. The van der Waals surface area contributed by atoms with E-state index in [1.807, 2.05) is 22.8 Å². The minimum absolute atomic E-state index is 0.0474. The number of methoxy groups -OCH3 is 1. The summed E-state index contributed by atoms with van der Waals surface area (Å²) in [7, 11) is 1.65. The van der Waals surface area contributed by atoms with E-state index in [-0.39, 0.29) is 5.69 Å². The van der Waals surface area contributed by atoms with Crippen LogP contribution < -0.4 is 10.4 Å². The lowest BCUT2D eigenvalue weighted by molar-refractivity contribution is 0.0992. The number of para-hydroxylation sites is 1. The van der Waals surface area contributed by atoms with Gasteiger partial charge in [0.05, 0.1) is 12.6 Å². The van der Waals surface area contributed by atoms with Gasteiger partial charge in [-0.3, -0.25) is 9.47 Å². The number of nitrogens with zero attached hydrogens (tertiary/aromatic N) is 2. The number of hydrogen-bond donors (Lipinski definition) is 1. The van der Waals surface area contributed by atoms with E-state index in [0.717, 1.165) is 36.3 Å². The van der Waals surface area contributed by atoms with Crippen molar-refractivity contribution in [2.75, 3.05) is 13.7 Å². The lowest BCUT2D eigenvalue weighted by Crippen LogP contribution is -2.46. The van der Waals surface area contributed by atoms with Crippen LogP contribution in [0.5, 0.6) is 5.75 Å². The number of benzene rings is 1. The Bertz CT molecular complexity index is 701. The van der Waals surface area contributed by atoms with Crippen LogP contribution in [0.15, 0.2) is 23.0 Å². The highest BCUT2D eigenvalue weighted by atomic mass is 16.5. The standard InChI is InChI=1S/C17H25N3O2/c1-12(2)19-10-5-4-7-13(19)11-20-16-14(18-17(20)21)8-6-9-15(16)22-3/h6,8-9,12-13H,4-5,7,10-11H2,1-3H3,(H,18,21). The number of H-pyrrole nitrogens is 1. The molecule has 1 saturated heterocycles. The quantitative estimate of drug-likeness (QED) is 0.944. The Balaban J connectivity index is 1.99. The highest BCUT2D eigenvalue weighted by molar-refractivity contribution is 5.82. The predicted molar refractivity (Wildman–Crippen MR) is 88.6 cm³/mol. The molecule has 2 heterocycles. The summed E-state index contributed by atoms with van der Waals surface area (Å²) >= 11 is 0. The second-order valence-electron chi connectivity index (χ2n) is 6.38. The Labute approximate surface area is 130 Å². The van der Waals surface area contributed by atoms with Crippen LogP contribution in [-0.4, -0.2) is 40.2 Å². The Kier molecular flexibility index (Phi) is 4.25. The average Bonchev–Trinajstić information content (AvgIpc) is 2.83. The summed E-state index contributed by atoms with van der Waals surface area (Å²) in [5.41, 5.74) is 1.68. The number of nitrogens with one attached hydrogen (secondary N) is 1. The van der Waals surface area contributed by atoms with Crippen LogP contribution in [0, 0.1) is 0 Å². The van der Waals surface area contributed by atoms with E-state index >= 15 is 0 Å². The van der Waals surface area contributed by atoms with Gasteiger partial charge >= 0.3 is 5.69 Å². The molecule has 0 amide bonds. The molecule has 120 valence electrons. The summed E-state index contributed by atoms with van der Waals surface area (Å²) in [6.07, 6.45) is 3.63.